The van der Waals surface area contributed by atoms with Crippen LogP contribution in [0, 0.1) is 0 Å². The maximum atomic E-state index is 12.7. The monoisotopic (exact) mass is 405 g/mol. The largest absolute Gasteiger partial charge is 0.353 e. The number of hydrogen-bond donors (Lipinski definition) is 1. The van der Waals surface area contributed by atoms with Crippen LogP contribution in [0.25, 0.3) is 0 Å². The van der Waals surface area contributed by atoms with Gasteiger partial charge in [0.25, 0.3) is 0 Å². The molecule has 156 valence electrons. The molecule has 1 aromatic carbocycles. The fourth-order valence-corrected chi connectivity index (χ4v) is 3.94. The lowest BCUT2D eigenvalue weighted by Crippen LogP contribution is -2.35. The van der Waals surface area contributed by atoms with Gasteiger partial charge in [0.15, 0.2) is 0 Å². The fraction of sp³-hybridized carbons (Fsp3) is 0.391. The van der Waals surface area contributed by atoms with Crippen molar-refractivity contribution >= 4 is 5.91 Å². The Balaban J connectivity index is 1.28. The molecule has 2 aromatic heterocycles. The quantitative estimate of drug-likeness (QED) is 0.654. The number of fused-ring (bicyclic) bond motifs is 1. The summed E-state index contributed by atoms with van der Waals surface area (Å²) in [4.78, 5) is 29.2. The van der Waals surface area contributed by atoms with Crippen molar-refractivity contribution in [2.75, 3.05) is 0 Å². The summed E-state index contributed by atoms with van der Waals surface area (Å²) in [7, 11) is 0. The van der Waals surface area contributed by atoms with Crippen molar-refractivity contribution in [2.24, 2.45) is 0 Å². The topological polar surface area (TPSA) is 81.8 Å². The molecule has 0 saturated heterocycles. The van der Waals surface area contributed by atoms with Crippen LogP contribution < -0.4 is 11.0 Å². The Kier molecular flexibility index (Phi) is 6.37. The molecule has 4 rings (SSSR count). The van der Waals surface area contributed by atoms with Gasteiger partial charge < -0.3 is 5.32 Å². The lowest BCUT2D eigenvalue weighted by Gasteiger charge is -2.16. The highest BCUT2D eigenvalue weighted by Crippen LogP contribution is 2.13. The number of aromatic nitrogens is 4. The van der Waals surface area contributed by atoms with Crippen molar-refractivity contribution in [3.05, 3.63) is 82.3 Å². The Morgan fingerprint density at radius 2 is 1.93 bits per heavy atom. The molecule has 3 aromatic rings. The number of rotatable bonds is 7. The average Bonchev–Trinajstić information content (AvgIpc) is 2.92. The summed E-state index contributed by atoms with van der Waals surface area (Å²) in [5.74, 6) is 0.883. The van der Waals surface area contributed by atoms with E-state index in [2.05, 4.69) is 27.5 Å². The minimum Gasteiger partial charge on any atom is -0.353 e. The highest BCUT2D eigenvalue weighted by atomic mass is 16.2. The molecule has 1 atom stereocenters. The second-order valence-corrected chi connectivity index (χ2v) is 7.80. The van der Waals surface area contributed by atoms with Crippen LogP contribution in [0.15, 0.2) is 59.7 Å². The van der Waals surface area contributed by atoms with Gasteiger partial charge in [-0.05, 0) is 42.9 Å². The highest BCUT2D eigenvalue weighted by Gasteiger charge is 2.22. The number of amides is 1. The van der Waals surface area contributed by atoms with E-state index in [0.717, 1.165) is 37.1 Å². The predicted octanol–water partition coefficient (Wildman–Crippen LogP) is 2.33. The summed E-state index contributed by atoms with van der Waals surface area (Å²) in [5.41, 5.74) is 2.12. The number of carbonyl (C=O) groups is 1. The second-order valence-electron chi connectivity index (χ2n) is 7.80. The summed E-state index contributed by atoms with van der Waals surface area (Å²) in [6.07, 6.45) is 7.96. The summed E-state index contributed by atoms with van der Waals surface area (Å²) in [5, 5.41) is 7.68. The van der Waals surface area contributed by atoms with E-state index in [-0.39, 0.29) is 17.6 Å². The lowest BCUT2D eigenvalue weighted by atomic mass is 10.1. The number of benzene rings is 1. The number of pyridine rings is 1. The average molecular weight is 406 g/mol. The Bertz CT molecular complexity index is 1030. The molecule has 1 unspecified atom stereocenters. The summed E-state index contributed by atoms with van der Waals surface area (Å²) in [6.45, 7) is 1.00. The van der Waals surface area contributed by atoms with E-state index in [4.69, 9.17) is 0 Å². The number of nitrogens with zero attached hydrogens (tertiary/aromatic N) is 4. The van der Waals surface area contributed by atoms with Crippen molar-refractivity contribution in [1.29, 1.82) is 0 Å². The third-order valence-corrected chi connectivity index (χ3v) is 5.55. The van der Waals surface area contributed by atoms with Gasteiger partial charge in [0.2, 0.25) is 5.91 Å². The van der Waals surface area contributed by atoms with E-state index < -0.39 is 0 Å². The third kappa shape index (κ3) is 5.03. The van der Waals surface area contributed by atoms with E-state index >= 15 is 0 Å². The SMILES string of the molecule is O=C(CCCc1ccccc1)NC1CCc2nn(Cc3cccnc3)c(=O)n2CC1. The molecule has 0 fully saturated rings. The van der Waals surface area contributed by atoms with Crippen molar-refractivity contribution in [3.63, 3.8) is 0 Å². The number of carbonyl (C=O) groups excluding carboxylic acids is 1. The van der Waals surface area contributed by atoms with Crippen molar-refractivity contribution in [3.8, 4) is 0 Å². The number of hydrogen-bond acceptors (Lipinski definition) is 4. The molecule has 0 bridgehead atoms. The van der Waals surface area contributed by atoms with E-state index in [1.807, 2.05) is 30.3 Å². The van der Waals surface area contributed by atoms with Crippen molar-refractivity contribution in [1.82, 2.24) is 24.6 Å². The molecule has 1 aliphatic rings. The van der Waals surface area contributed by atoms with Crippen LogP contribution in [-0.2, 0) is 30.7 Å². The van der Waals surface area contributed by atoms with Gasteiger partial charge in [-0.2, -0.15) is 5.10 Å². The van der Waals surface area contributed by atoms with Crippen LogP contribution in [0.2, 0.25) is 0 Å². The Morgan fingerprint density at radius 3 is 2.73 bits per heavy atom. The fourth-order valence-electron chi connectivity index (χ4n) is 3.94. The van der Waals surface area contributed by atoms with Gasteiger partial charge in [0, 0.05) is 37.8 Å². The maximum absolute atomic E-state index is 12.7. The molecule has 1 aliphatic heterocycles. The van der Waals surface area contributed by atoms with Crippen LogP contribution in [0.5, 0.6) is 0 Å². The second kappa shape index (κ2) is 9.52. The van der Waals surface area contributed by atoms with E-state index in [0.29, 0.717) is 25.9 Å². The number of nitrogens with one attached hydrogen (secondary N) is 1. The first kappa shape index (κ1) is 20.1. The molecule has 30 heavy (non-hydrogen) atoms. The van der Waals surface area contributed by atoms with Gasteiger partial charge in [0.1, 0.15) is 5.82 Å². The molecule has 0 saturated carbocycles. The Hall–Kier alpha value is -3.22. The van der Waals surface area contributed by atoms with Crippen LogP contribution in [0.3, 0.4) is 0 Å². The van der Waals surface area contributed by atoms with E-state index in [9.17, 15) is 9.59 Å². The minimum absolute atomic E-state index is 0.0853. The van der Waals surface area contributed by atoms with E-state index in [1.54, 1.807) is 17.0 Å². The van der Waals surface area contributed by atoms with Crippen molar-refractivity contribution in [2.45, 2.75) is 57.7 Å². The van der Waals surface area contributed by atoms with Gasteiger partial charge in [-0.15, -0.1) is 0 Å². The zero-order valence-electron chi connectivity index (χ0n) is 17.0. The van der Waals surface area contributed by atoms with Gasteiger partial charge in [0.05, 0.1) is 6.54 Å². The molecule has 1 N–H and O–H groups in total. The first-order valence-corrected chi connectivity index (χ1v) is 10.6. The van der Waals surface area contributed by atoms with Crippen LogP contribution in [-0.4, -0.2) is 31.3 Å². The minimum atomic E-state index is -0.0938. The summed E-state index contributed by atoms with van der Waals surface area (Å²) >= 11 is 0. The zero-order valence-corrected chi connectivity index (χ0v) is 17.0. The van der Waals surface area contributed by atoms with Crippen LogP contribution in [0.1, 0.15) is 42.6 Å². The zero-order chi connectivity index (χ0) is 20.8. The molecule has 7 heteroatoms. The summed E-state index contributed by atoms with van der Waals surface area (Å²) < 4.78 is 3.26. The standard InChI is InChI=1S/C23H27N5O2/c29-22(10-4-8-18-6-2-1-3-7-18)25-20-11-12-21-26-28(23(30)27(21)15-13-20)17-19-9-5-14-24-16-19/h1-3,5-7,9,14,16,20H,4,8,10-13,15,17H2,(H,25,29). The van der Waals surface area contributed by atoms with Gasteiger partial charge in [-0.3, -0.25) is 14.3 Å². The molecule has 7 nitrogen and oxygen atoms in total. The third-order valence-electron chi connectivity index (χ3n) is 5.55. The van der Waals surface area contributed by atoms with Gasteiger partial charge in [-0.1, -0.05) is 36.4 Å². The van der Waals surface area contributed by atoms with E-state index in [1.165, 1.54) is 10.2 Å². The van der Waals surface area contributed by atoms with Gasteiger partial charge in [-0.25, -0.2) is 9.48 Å². The lowest BCUT2D eigenvalue weighted by molar-refractivity contribution is -0.122. The highest BCUT2D eigenvalue weighted by molar-refractivity contribution is 5.76. The number of aryl methyl sites for hydroxylation is 2. The molecule has 0 spiro atoms. The molecule has 1 amide bonds. The molecular weight excluding hydrogens is 378 g/mol. The molecule has 3 heterocycles. The maximum Gasteiger partial charge on any atom is 0.346 e. The molecule has 0 radical (unpaired) electrons. The first-order valence-electron chi connectivity index (χ1n) is 10.6. The Morgan fingerprint density at radius 1 is 1.10 bits per heavy atom. The van der Waals surface area contributed by atoms with Crippen LogP contribution in [0.4, 0.5) is 0 Å². The van der Waals surface area contributed by atoms with Crippen molar-refractivity contribution < 1.29 is 4.79 Å². The van der Waals surface area contributed by atoms with Crippen LogP contribution >= 0.6 is 0 Å². The van der Waals surface area contributed by atoms with Gasteiger partial charge >= 0.3 is 5.69 Å². The smallest absolute Gasteiger partial charge is 0.346 e. The predicted molar refractivity (Wildman–Crippen MR) is 114 cm³/mol. The molecular formula is C23H27N5O2. The first-order chi connectivity index (χ1) is 14.7. The summed E-state index contributed by atoms with van der Waals surface area (Å²) in [6, 6.07) is 14.1. The Labute approximate surface area is 175 Å². The normalized spacial score (nSPS) is 15.9. The molecule has 0 aliphatic carbocycles.